The molecule has 0 heterocycles. The Labute approximate surface area is 108 Å². The maximum absolute atomic E-state index is 12.3. The molecule has 0 unspecified atom stereocenters. The van der Waals surface area contributed by atoms with Crippen LogP contribution in [0.5, 0.6) is 5.75 Å². The molecule has 0 aromatic heterocycles. The number of hydrogen-bond donors (Lipinski definition) is 1. The lowest BCUT2D eigenvalue weighted by atomic mass is 10.1. The molecule has 1 fully saturated rings. The summed E-state index contributed by atoms with van der Waals surface area (Å²) in [5, 5.41) is 9.70. The van der Waals surface area contributed by atoms with E-state index >= 15 is 0 Å². The number of benzene rings is 1. The average Bonchev–Trinajstić information content (AvgIpc) is 3.17. The zero-order valence-corrected chi connectivity index (χ0v) is 10.9. The van der Waals surface area contributed by atoms with Crippen LogP contribution in [0, 0.1) is 0 Å². The largest absolute Gasteiger partial charge is 0.508 e. The minimum Gasteiger partial charge on any atom is -0.508 e. The molecule has 2 rings (SSSR count). The molecule has 0 radical (unpaired) electrons. The lowest BCUT2D eigenvalue weighted by Crippen LogP contribution is -2.35. The second kappa shape index (κ2) is 5.89. The predicted molar refractivity (Wildman–Crippen MR) is 71.5 cm³/mol. The van der Waals surface area contributed by atoms with Crippen LogP contribution in [0.4, 0.5) is 0 Å². The van der Waals surface area contributed by atoms with E-state index in [9.17, 15) is 9.90 Å². The highest BCUT2D eigenvalue weighted by Crippen LogP contribution is 2.28. The number of rotatable bonds is 6. The lowest BCUT2D eigenvalue weighted by molar-refractivity contribution is -0.131. The van der Waals surface area contributed by atoms with Crippen LogP contribution >= 0.6 is 0 Å². The monoisotopic (exact) mass is 247 g/mol. The van der Waals surface area contributed by atoms with Gasteiger partial charge >= 0.3 is 0 Å². The third kappa shape index (κ3) is 3.25. The quantitative estimate of drug-likeness (QED) is 0.839. The third-order valence-electron chi connectivity index (χ3n) is 3.39. The summed E-state index contributed by atoms with van der Waals surface area (Å²) in [6.07, 6.45) is 4.75. The first-order chi connectivity index (χ1) is 8.72. The van der Waals surface area contributed by atoms with Crippen LogP contribution in [0.3, 0.4) is 0 Å². The van der Waals surface area contributed by atoms with Crippen LogP contribution in [-0.2, 0) is 11.2 Å². The number of unbranched alkanes of at least 4 members (excludes halogenated alkanes) is 1. The highest BCUT2D eigenvalue weighted by atomic mass is 16.3. The molecule has 1 aliphatic carbocycles. The number of phenolic OH excluding ortho intramolecular Hbond substituents is 1. The van der Waals surface area contributed by atoms with Gasteiger partial charge in [-0.15, -0.1) is 0 Å². The van der Waals surface area contributed by atoms with Crippen LogP contribution in [0.25, 0.3) is 0 Å². The van der Waals surface area contributed by atoms with Crippen molar-refractivity contribution in [1.82, 2.24) is 4.90 Å². The van der Waals surface area contributed by atoms with Crippen LogP contribution in [0.2, 0.25) is 0 Å². The van der Waals surface area contributed by atoms with Gasteiger partial charge < -0.3 is 10.0 Å². The number of carbonyl (C=O) groups excluding carboxylic acids is 1. The minimum absolute atomic E-state index is 0.146. The van der Waals surface area contributed by atoms with E-state index in [-0.39, 0.29) is 11.7 Å². The van der Waals surface area contributed by atoms with Gasteiger partial charge in [-0.25, -0.2) is 0 Å². The van der Waals surface area contributed by atoms with E-state index in [0.29, 0.717) is 12.5 Å². The Bertz CT molecular complexity index is 413. The molecule has 3 heteroatoms. The van der Waals surface area contributed by atoms with Crippen molar-refractivity contribution in [2.45, 2.75) is 45.1 Å². The first-order valence-electron chi connectivity index (χ1n) is 6.78. The van der Waals surface area contributed by atoms with Gasteiger partial charge in [-0.1, -0.05) is 31.5 Å². The second-order valence-electron chi connectivity index (χ2n) is 4.98. The molecule has 0 atom stereocenters. The van der Waals surface area contributed by atoms with Crippen molar-refractivity contribution >= 4 is 5.91 Å². The van der Waals surface area contributed by atoms with E-state index in [1.807, 2.05) is 17.0 Å². The van der Waals surface area contributed by atoms with Crippen molar-refractivity contribution in [3.05, 3.63) is 29.8 Å². The van der Waals surface area contributed by atoms with Gasteiger partial charge in [0.1, 0.15) is 5.75 Å². The van der Waals surface area contributed by atoms with Gasteiger partial charge in [-0.05, 0) is 25.3 Å². The van der Waals surface area contributed by atoms with Crippen LogP contribution in [-0.4, -0.2) is 28.5 Å². The molecule has 0 bridgehead atoms. The third-order valence-corrected chi connectivity index (χ3v) is 3.39. The summed E-state index contributed by atoms with van der Waals surface area (Å²) < 4.78 is 0. The number of aromatic hydroxyl groups is 1. The van der Waals surface area contributed by atoms with E-state index in [1.54, 1.807) is 12.1 Å². The van der Waals surface area contributed by atoms with Crippen molar-refractivity contribution in [2.24, 2.45) is 0 Å². The number of nitrogens with zero attached hydrogens (tertiary/aromatic N) is 1. The van der Waals surface area contributed by atoms with Crippen LogP contribution in [0.1, 0.15) is 38.2 Å². The molecule has 1 aliphatic rings. The summed E-state index contributed by atoms with van der Waals surface area (Å²) in [5.74, 6) is 0.365. The van der Waals surface area contributed by atoms with Crippen LogP contribution in [0.15, 0.2) is 24.3 Å². The molecule has 98 valence electrons. The van der Waals surface area contributed by atoms with Gasteiger partial charge in [-0.2, -0.15) is 0 Å². The highest BCUT2D eigenvalue weighted by molar-refractivity contribution is 5.80. The fraction of sp³-hybridized carbons (Fsp3) is 0.533. The second-order valence-corrected chi connectivity index (χ2v) is 4.98. The number of carbonyl (C=O) groups is 1. The molecule has 0 spiro atoms. The molecule has 0 aliphatic heterocycles. The molecular weight excluding hydrogens is 226 g/mol. The molecule has 1 saturated carbocycles. The Balaban J connectivity index is 1.98. The van der Waals surface area contributed by atoms with Gasteiger partial charge in [0.2, 0.25) is 5.91 Å². The van der Waals surface area contributed by atoms with E-state index in [1.165, 1.54) is 0 Å². The normalized spacial score (nSPS) is 14.5. The Hall–Kier alpha value is -1.51. The fourth-order valence-electron chi connectivity index (χ4n) is 2.15. The summed E-state index contributed by atoms with van der Waals surface area (Å²) in [7, 11) is 0. The van der Waals surface area contributed by atoms with Crippen molar-refractivity contribution in [1.29, 1.82) is 0 Å². The Kier molecular flexibility index (Phi) is 4.24. The summed E-state index contributed by atoms with van der Waals surface area (Å²) in [5.41, 5.74) is 0.727. The molecule has 1 aromatic rings. The van der Waals surface area contributed by atoms with Gasteiger partial charge in [0.25, 0.3) is 0 Å². The molecule has 1 amide bonds. The van der Waals surface area contributed by atoms with Crippen LogP contribution < -0.4 is 0 Å². The minimum atomic E-state index is 0.146. The summed E-state index contributed by atoms with van der Waals surface area (Å²) in [4.78, 5) is 14.3. The van der Waals surface area contributed by atoms with Gasteiger partial charge in [0, 0.05) is 18.2 Å². The number of phenols is 1. The smallest absolute Gasteiger partial charge is 0.227 e. The standard InChI is InChI=1S/C15H21NO2/c1-2-3-10-16(13-8-9-13)15(18)11-12-6-4-5-7-14(12)17/h4-7,13,17H,2-3,8-11H2,1H3. The number of hydrogen-bond acceptors (Lipinski definition) is 2. The van der Waals surface area contributed by atoms with E-state index in [4.69, 9.17) is 0 Å². The first-order valence-corrected chi connectivity index (χ1v) is 6.78. The average molecular weight is 247 g/mol. The lowest BCUT2D eigenvalue weighted by Gasteiger charge is -2.22. The molecule has 0 saturated heterocycles. The Morgan fingerprint density at radius 1 is 1.39 bits per heavy atom. The SMILES string of the molecule is CCCCN(C(=O)Cc1ccccc1O)C1CC1. The van der Waals surface area contributed by atoms with E-state index < -0.39 is 0 Å². The van der Waals surface area contributed by atoms with E-state index in [0.717, 1.165) is 37.8 Å². The molecule has 1 N–H and O–H groups in total. The van der Waals surface area contributed by atoms with Crippen molar-refractivity contribution < 1.29 is 9.90 Å². The zero-order chi connectivity index (χ0) is 13.0. The molecule has 3 nitrogen and oxygen atoms in total. The summed E-state index contributed by atoms with van der Waals surface area (Å²) in [6.45, 7) is 2.99. The maximum atomic E-state index is 12.3. The maximum Gasteiger partial charge on any atom is 0.227 e. The fourth-order valence-corrected chi connectivity index (χ4v) is 2.15. The molecular formula is C15H21NO2. The van der Waals surface area contributed by atoms with Crippen molar-refractivity contribution in [3.63, 3.8) is 0 Å². The Morgan fingerprint density at radius 2 is 2.11 bits per heavy atom. The Morgan fingerprint density at radius 3 is 2.72 bits per heavy atom. The topological polar surface area (TPSA) is 40.5 Å². The van der Waals surface area contributed by atoms with Gasteiger partial charge in [0.15, 0.2) is 0 Å². The molecule has 18 heavy (non-hydrogen) atoms. The van der Waals surface area contributed by atoms with Crippen molar-refractivity contribution in [2.75, 3.05) is 6.54 Å². The highest BCUT2D eigenvalue weighted by Gasteiger charge is 2.31. The number of amides is 1. The summed E-state index contributed by atoms with van der Waals surface area (Å²) in [6, 6.07) is 7.54. The predicted octanol–water partition coefficient (Wildman–Crippen LogP) is 2.73. The summed E-state index contributed by atoms with van der Waals surface area (Å²) >= 11 is 0. The van der Waals surface area contributed by atoms with E-state index in [2.05, 4.69) is 6.92 Å². The number of para-hydroxylation sites is 1. The van der Waals surface area contributed by atoms with Crippen molar-refractivity contribution in [3.8, 4) is 5.75 Å². The van der Waals surface area contributed by atoms with Gasteiger partial charge in [-0.3, -0.25) is 4.79 Å². The zero-order valence-electron chi connectivity index (χ0n) is 10.9. The first kappa shape index (κ1) is 12.9. The van der Waals surface area contributed by atoms with Gasteiger partial charge in [0.05, 0.1) is 6.42 Å². The molecule has 1 aromatic carbocycles.